The molecular weight excluding hydrogens is 244 g/mol. The zero-order valence-electron chi connectivity index (χ0n) is 9.96. The third-order valence-corrected chi connectivity index (χ3v) is 2.58. The standard InChI is InChI=1S/C14H12N2O3/c15-11-7-6-10(14(18)19)8-12(11)16-13(17)9-4-2-1-3-5-9/h1-8H,15H2,(H,16,17)(H,18,19). The van der Waals surface area contributed by atoms with Crippen LogP contribution in [0.1, 0.15) is 20.7 Å². The molecule has 2 rings (SSSR count). The zero-order valence-corrected chi connectivity index (χ0v) is 9.96. The van der Waals surface area contributed by atoms with Crippen LogP contribution in [0.4, 0.5) is 11.4 Å². The number of nitrogen functional groups attached to an aromatic ring is 1. The van der Waals surface area contributed by atoms with Crippen LogP contribution in [0.2, 0.25) is 0 Å². The average Bonchev–Trinajstić information content (AvgIpc) is 2.42. The highest BCUT2D eigenvalue weighted by atomic mass is 16.4. The summed E-state index contributed by atoms with van der Waals surface area (Å²) in [6.07, 6.45) is 0. The number of hydrogen-bond donors (Lipinski definition) is 3. The zero-order chi connectivity index (χ0) is 13.8. The van der Waals surface area contributed by atoms with E-state index >= 15 is 0 Å². The smallest absolute Gasteiger partial charge is 0.335 e. The third kappa shape index (κ3) is 2.90. The van der Waals surface area contributed by atoms with E-state index in [1.807, 2.05) is 0 Å². The number of anilines is 2. The Labute approximate surface area is 109 Å². The van der Waals surface area contributed by atoms with Crippen LogP contribution in [-0.4, -0.2) is 17.0 Å². The summed E-state index contributed by atoms with van der Waals surface area (Å²) in [5.41, 5.74) is 6.85. The molecule has 0 radical (unpaired) electrons. The molecule has 0 bridgehead atoms. The van der Waals surface area contributed by atoms with E-state index in [-0.39, 0.29) is 17.2 Å². The number of amides is 1. The lowest BCUT2D eigenvalue weighted by Gasteiger charge is -2.09. The molecule has 2 aromatic rings. The molecule has 4 N–H and O–H groups in total. The van der Waals surface area contributed by atoms with Crippen molar-refractivity contribution in [1.82, 2.24) is 0 Å². The van der Waals surface area contributed by atoms with Gasteiger partial charge in [-0.25, -0.2) is 4.79 Å². The van der Waals surface area contributed by atoms with E-state index in [0.717, 1.165) is 0 Å². The number of carbonyl (C=O) groups is 2. The number of nitrogens with one attached hydrogen (secondary N) is 1. The van der Waals surface area contributed by atoms with Crippen LogP contribution in [0.5, 0.6) is 0 Å². The van der Waals surface area contributed by atoms with Crippen LogP contribution in [0.15, 0.2) is 48.5 Å². The normalized spacial score (nSPS) is 9.89. The molecule has 0 heterocycles. The minimum atomic E-state index is -1.07. The number of carboxylic acids is 1. The topological polar surface area (TPSA) is 92.4 Å². The van der Waals surface area contributed by atoms with Gasteiger partial charge in [0.15, 0.2) is 0 Å². The molecule has 0 spiro atoms. The Bertz CT molecular complexity index is 624. The lowest BCUT2D eigenvalue weighted by molar-refractivity contribution is 0.0696. The van der Waals surface area contributed by atoms with Crippen LogP contribution in [0.25, 0.3) is 0 Å². The number of aromatic carboxylic acids is 1. The van der Waals surface area contributed by atoms with Crippen molar-refractivity contribution in [3.63, 3.8) is 0 Å². The number of hydrogen-bond acceptors (Lipinski definition) is 3. The number of rotatable bonds is 3. The molecule has 0 saturated carbocycles. The summed E-state index contributed by atoms with van der Waals surface area (Å²) < 4.78 is 0. The molecule has 0 atom stereocenters. The van der Waals surface area contributed by atoms with Gasteiger partial charge in [-0.15, -0.1) is 0 Å². The predicted octanol–water partition coefficient (Wildman–Crippen LogP) is 2.22. The van der Waals surface area contributed by atoms with E-state index in [1.165, 1.54) is 18.2 Å². The van der Waals surface area contributed by atoms with E-state index in [4.69, 9.17) is 10.8 Å². The van der Waals surface area contributed by atoms with Gasteiger partial charge < -0.3 is 16.2 Å². The second-order valence-corrected chi connectivity index (χ2v) is 3.93. The fraction of sp³-hybridized carbons (Fsp3) is 0. The molecule has 1 amide bonds. The Balaban J connectivity index is 2.26. The van der Waals surface area contributed by atoms with Gasteiger partial charge in [0.25, 0.3) is 5.91 Å². The minimum absolute atomic E-state index is 0.0672. The average molecular weight is 256 g/mol. The molecule has 0 saturated heterocycles. The number of carboxylic acid groups (broad SMARTS) is 1. The fourth-order valence-electron chi connectivity index (χ4n) is 1.58. The van der Waals surface area contributed by atoms with Crippen LogP contribution >= 0.6 is 0 Å². The van der Waals surface area contributed by atoms with Gasteiger partial charge >= 0.3 is 5.97 Å². The fourth-order valence-corrected chi connectivity index (χ4v) is 1.58. The second-order valence-electron chi connectivity index (χ2n) is 3.93. The van der Waals surface area contributed by atoms with Gasteiger partial charge in [0.2, 0.25) is 0 Å². The molecule has 5 nitrogen and oxygen atoms in total. The van der Waals surface area contributed by atoms with Crippen LogP contribution in [-0.2, 0) is 0 Å². The second kappa shape index (κ2) is 5.22. The van der Waals surface area contributed by atoms with Crippen LogP contribution in [0.3, 0.4) is 0 Å². The van der Waals surface area contributed by atoms with Gasteiger partial charge in [-0.3, -0.25) is 4.79 Å². The van der Waals surface area contributed by atoms with Crippen molar-refractivity contribution in [2.45, 2.75) is 0 Å². The summed E-state index contributed by atoms with van der Waals surface area (Å²) in [5.74, 6) is -1.41. The van der Waals surface area contributed by atoms with E-state index in [0.29, 0.717) is 11.3 Å². The first-order chi connectivity index (χ1) is 9.08. The molecule has 0 aliphatic carbocycles. The molecule has 19 heavy (non-hydrogen) atoms. The first-order valence-electron chi connectivity index (χ1n) is 5.57. The third-order valence-electron chi connectivity index (χ3n) is 2.58. The van der Waals surface area contributed by atoms with Gasteiger partial charge in [0.05, 0.1) is 16.9 Å². The Morgan fingerprint density at radius 1 is 1.00 bits per heavy atom. The Hall–Kier alpha value is -2.82. The quantitative estimate of drug-likeness (QED) is 0.734. The Kier molecular flexibility index (Phi) is 3.47. The van der Waals surface area contributed by atoms with Crippen molar-refractivity contribution >= 4 is 23.3 Å². The van der Waals surface area contributed by atoms with E-state index in [9.17, 15) is 9.59 Å². The monoisotopic (exact) mass is 256 g/mol. The van der Waals surface area contributed by atoms with Crippen molar-refractivity contribution in [2.24, 2.45) is 0 Å². The molecule has 0 fully saturated rings. The van der Waals surface area contributed by atoms with Crippen LogP contribution in [0, 0.1) is 0 Å². The number of benzene rings is 2. The van der Waals surface area contributed by atoms with E-state index in [1.54, 1.807) is 30.3 Å². The van der Waals surface area contributed by atoms with E-state index in [2.05, 4.69) is 5.32 Å². The lowest BCUT2D eigenvalue weighted by Crippen LogP contribution is -2.13. The van der Waals surface area contributed by atoms with Gasteiger partial charge in [0.1, 0.15) is 0 Å². The molecule has 96 valence electrons. The molecule has 0 unspecified atom stereocenters. The van der Waals surface area contributed by atoms with Crippen molar-refractivity contribution in [3.8, 4) is 0 Å². The molecule has 0 aliphatic heterocycles. The maximum absolute atomic E-state index is 11.9. The molecular formula is C14H12N2O3. The predicted molar refractivity (Wildman–Crippen MR) is 72.2 cm³/mol. The SMILES string of the molecule is Nc1ccc(C(=O)O)cc1NC(=O)c1ccccc1. The number of nitrogens with two attached hydrogens (primary N) is 1. The summed E-state index contributed by atoms with van der Waals surface area (Å²) in [6.45, 7) is 0. The maximum atomic E-state index is 11.9. The van der Waals surface area contributed by atoms with Gasteiger partial charge in [-0.05, 0) is 30.3 Å². The highest BCUT2D eigenvalue weighted by Crippen LogP contribution is 2.20. The summed E-state index contributed by atoms with van der Waals surface area (Å²) in [6, 6.07) is 12.8. The summed E-state index contributed by atoms with van der Waals surface area (Å²) in [7, 11) is 0. The molecule has 5 heteroatoms. The number of carbonyl (C=O) groups excluding carboxylic acids is 1. The molecule has 2 aromatic carbocycles. The Morgan fingerprint density at radius 3 is 2.32 bits per heavy atom. The summed E-state index contributed by atoms with van der Waals surface area (Å²) in [4.78, 5) is 22.8. The van der Waals surface area contributed by atoms with Gasteiger partial charge in [-0.2, -0.15) is 0 Å². The van der Waals surface area contributed by atoms with Gasteiger partial charge in [0, 0.05) is 5.56 Å². The van der Waals surface area contributed by atoms with E-state index < -0.39 is 5.97 Å². The first kappa shape index (κ1) is 12.6. The Morgan fingerprint density at radius 2 is 1.68 bits per heavy atom. The van der Waals surface area contributed by atoms with Crippen molar-refractivity contribution in [3.05, 3.63) is 59.7 Å². The highest BCUT2D eigenvalue weighted by molar-refractivity contribution is 6.06. The maximum Gasteiger partial charge on any atom is 0.335 e. The minimum Gasteiger partial charge on any atom is -0.478 e. The van der Waals surface area contributed by atoms with Crippen molar-refractivity contribution in [2.75, 3.05) is 11.1 Å². The van der Waals surface area contributed by atoms with Gasteiger partial charge in [-0.1, -0.05) is 18.2 Å². The summed E-state index contributed by atoms with van der Waals surface area (Å²) in [5, 5.41) is 11.5. The molecule has 0 aliphatic rings. The highest BCUT2D eigenvalue weighted by Gasteiger charge is 2.10. The lowest BCUT2D eigenvalue weighted by atomic mass is 10.1. The van der Waals surface area contributed by atoms with Crippen LogP contribution < -0.4 is 11.1 Å². The first-order valence-corrected chi connectivity index (χ1v) is 5.57. The summed E-state index contributed by atoms with van der Waals surface area (Å²) >= 11 is 0. The van der Waals surface area contributed by atoms with Crippen molar-refractivity contribution < 1.29 is 14.7 Å². The molecule has 0 aromatic heterocycles. The van der Waals surface area contributed by atoms with Crippen molar-refractivity contribution in [1.29, 1.82) is 0 Å². The largest absolute Gasteiger partial charge is 0.478 e.